The summed E-state index contributed by atoms with van der Waals surface area (Å²) in [6, 6.07) is 4.70. The number of hydrogen-bond acceptors (Lipinski definition) is 5. The summed E-state index contributed by atoms with van der Waals surface area (Å²) in [7, 11) is 0. The average molecular weight is 457 g/mol. The maximum atomic E-state index is 13.5. The summed E-state index contributed by atoms with van der Waals surface area (Å²) in [5.74, 6) is 1.45. The first-order valence-corrected chi connectivity index (χ1v) is 12.6. The van der Waals surface area contributed by atoms with Crippen molar-refractivity contribution < 1.29 is 18.7 Å². The minimum absolute atomic E-state index is 0.0222. The molecule has 2 aliphatic rings. The van der Waals surface area contributed by atoms with Gasteiger partial charge in [0.1, 0.15) is 17.4 Å². The van der Waals surface area contributed by atoms with Crippen LogP contribution in [0.2, 0.25) is 0 Å². The summed E-state index contributed by atoms with van der Waals surface area (Å²) in [6.07, 6.45) is 2.32. The van der Waals surface area contributed by atoms with Crippen molar-refractivity contribution in [2.45, 2.75) is 91.6 Å². The van der Waals surface area contributed by atoms with E-state index in [0.717, 1.165) is 53.8 Å². The van der Waals surface area contributed by atoms with Gasteiger partial charge in [-0.05, 0) is 65.0 Å². The molecule has 0 saturated carbocycles. The van der Waals surface area contributed by atoms with Gasteiger partial charge >= 0.3 is 0 Å². The summed E-state index contributed by atoms with van der Waals surface area (Å²) >= 11 is 0. The van der Waals surface area contributed by atoms with Gasteiger partial charge < -0.3 is 23.7 Å². The summed E-state index contributed by atoms with van der Waals surface area (Å²) < 4.78 is 18.5. The van der Waals surface area contributed by atoms with Crippen LogP contribution in [0, 0.1) is 6.92 Å². The molecule has 0 unspecified atom stereocenters. The number of fused-ring (bicyclic) bond motifs is 1. The third-order valence-electron chi connectivity index (χ3n) is 7.00. The molecule has 1 amide bonds. The van der Waals surface area contributed by atoms with Crippen LogP contribution < -0.4 is 4.74 Å². The number of piperidine rings is 1. The van der Waals surface area contributed by atoms with Crippen LogP contribution in [0.15, 0.2) is 16.5 Å². The molecule has 3 heterocycles. The number of carbonyl (C=O) groups excluding carboxylic acids is 1. The number of amides is 1. The average Bonchev–Trinajstić information content (AvgIpc) is 3.11. The molecular formula is C27H40N2O4. The third-order valence-corrected chi connectivity index (χ3v) is 7.00. The SMILES string of the molecule is Cc1cc2c(C(C)C)c(C(=O)N3C[C@@H](C)O[C@@H](C)C3)oc2cc1OC1CCN(C(C)C)CC1. The van der Waals surface area contributed by atoms with Crippen molar-refractivity contribution in [1.82, 2.24) is 9.80 Å². The van der Waals surface area contributed by atoms with E-state index in [9.17, 15) is 4.79 Å². The summed E-state index contributed by atoms with van der Waals surface area (Å²) in [6.45, 7) is 18.1. The van der Waals surface area contributed by atoms with Crippen molar-refractivity contribution in [2.75, 3.05) is 26.2 Å². The van der Waals surface area contributed by atoms with E-state index in [0.29, 0.717) is 24.9 Å². The predicted molar refractivity (Wildman–Crippen MR) is 131 cm³/mol. The van der Waals surface area contributed by atoms with Crippen LogP contribution in [0.3, 0.4) is 0 Å². The highest BCUT2D eigenvalue weighted by Gasteiger charge is 2.32. The fourth-order valence-corrected chi connectivity index (χ4v) is 5.29. The molecule has 4 rings (SSSR count). The molecule has 2 saturated heterocycles. The van der Waals surface area contributed by atoms with Crippen molar-refractivity contribution in [3.05, 3.63) is 29.0 Å². The van der Waals surface area contributed by atoms with Crippen LogP contribution in [0.1, 0.15) is 82.0 Å². The maximum absolute atomic E-state index is 13.5. The standard InChI is InChI=1S/C27H40N2O4/c1-16(2)25-22-12-18(5)23(32-21-8-10-28(11-9-21)17(3)4)13-24(22)33-26(25)27(30)29-14-19(6)31-20(7)15-29/h12-13,16-17,19-21H,8-11,14-15H2,1-7H3/t19-,20+. The van der Waals surface area contributed by atoms with Crippen LogP contribution in [0.4, 0.5) is 0 Å². The Bertz CT molecular complexity index is 978. The Kier molecular flexibility index (Phi) is 7.06. The number of likely N-dealkylation sites (tertiary alicyclic amines) is 1. The Balaban J connectivity index is 1.61. The zero-order valence-electron chi connectivity index (χ0n) is 21.3. The van der Waals surface area contributed by atoms with Crippen molar-refractivity contribution in [1.29, 1.82) is 0 Å². The highest BCUT2D eigenvalue weighted by molar-refractivity contribution is 6.00. The summed E-state index contributed by atoms with van der Waals surface area (Å²) in [5, 5.41) is 1.02. The van der Waals surface area contributed by atoms with E-state index in [2.05, 4.69) is 45.6 Å². The van der Waals surface area contributed by atoms with Gasteiger partial charge in [0.2, 0.25) is 0 Å². The van der Waals surface area contributed by atoms with E-state index >= 15 is 0 Å². The molecule has 0 N–H and O–H groups in total. The number of hydrogen-bond donors (Lipinski definition) is 0. The zero-order chi connectivity index (χ0) is 23.9. The molecule has 0 bridgehead atoms. The van der Waals surface area contributed by atoms with Gasteiger partial charge in [-0.3, -0.25) is 4.79 Å². The molecule has 2 aliphatic heterocycles. The second-order valence-electron chi connectivity index (χ2n) is 10.5. The zero-order valence-corrected chi connectivity index (χ0v) is 21.3. The molecule has 0 radical (unpaired) electrons. The lowest BCUT2D eigenvalue weighted by atomic mass is 9.97. The maximum Gasteiger partial charge on any atom is 0.290 e. The Morgan fingerprint density at radius 3 is 2.27 bits per heavy atom. The Hall–Kier alpha value is -2.05. The fourth-order valence-electron chi connectivity index (χ4n) is 5.29. The molecule has 6 nitrogen and oxygen atoms in total. The third kappa shape index (κ3) is 5.07. The topological polar surface area (TPSA) is 55.2 Å². The number of furan rings is 1. The van der Waals surface area contributed by atoms with E-state index in [1.54, 1.807) is 0 Å². The van der Waals surface area contributed by atoms with Crippen LogP contribution in [-0.4, -0.2) is 66.2 Å². The van der Waals surface area contributed by atoms with Crippen LogP contribution in [0.5, 0.6) is 5.75 Å². The highest BCUT2D eigenvalue weighted by Crippen LogP contribution is 2.37. The Morgan fingerprint density at radius 2 is 1.70 bits per heavy atom. The second kappa shape index (κ2) is 9.67. The van der Waals surface area contributed by atoms with Crippen molar-refractivity contribution in [3.8, 4) is 5.75 Å². The van der Waals surface area contributed by atoms with Gasteiger partial charge in [0.25, 0.3) is 5.91 Å². The minimum atomic E-state index is -0.0434. The minimum Gasteiger partial charge on any atom is -0.490 e. The molecular weight excluding hydrogens is 416 g/mol. The molecule has 33 heavy (non-hydrogen) atoms. The largest absolute Gasteiger partial charge is 0.490 e. The van der Waals surface area contributed by atoms with Gasteiger partial charge in [-0.1, -0.05) is 13.8 Å². The monoisotopic (exact) mass is 456 g/mol. The summed E-state index contributed by atoms with van der Waals surface area (Å²) in [4.78, 5) is 17.9. The van der Waals surface area contributed by atoms with E-state index < -0.39 is 0 Å². The molecule has 6 heteroatoms. The molecule has 1 aromatic heterocycles. The molecule has 182 valence electrons. The quantitative estimate of drug-likeness (QED) is 0.606. The predicted octanol–water partition coefficient (Wildman–Crippen LogP) is 5.37. The number of nitrogens with zero attached hydrogens (tertiary/aromatic N) is 2. The van der Waals surface area contributed by atoms with Gasteiger partial charge in [-0.2, -0.15) is 0 Å². The van der Waals surface area contributed by atoms with Crippen LogP contribution >= 0.6 is 0 Å². The van der Waals surface area contributed by atoms with Gasteiger partial charge in [0.15, 0.2) is 5.76 Å². The first-order valence-electron chi connectivity index (χ1n) is 12.6. The van der Waals surface area contributed by atoms with Crippen molar-refractivity contribution in [3.63, 3.8) is 0 Å². The Labute approximate surface area is 198 Å². The van der Waals surface area contributed by atoms with Crippen LogP contribution in [-0.2, 0) is 4.74 Å². The normalized spacial score (nSPS) is 23.1. The summed E-state index contributed by atoms with van der Waals surface area (Å²) in [5.41, 5.74) is 2.81. The number of morpholine rings is 1. The van der Waals surface area contributed by atoms with Gasteiger partial charge in [0.05, 0.1) is 12.2 Å². The molecule has 2 aromatic rings. The van der Waals surface area contributed by atoms with E-state index in [4.69, 9.17) is 13.9 Å². The molecule has 2 atom stereocenters. The van der Waals surface area contributed by atoms with Gasteiger partial charge in [0, 0.05) is 49.2 Å². The Morgan fingerprint density at radius 1 is 1.06 bits per heavy atom. The van der Waals surface area contributed by atoms with E-state index in [1.165, 1.54) is 0 Å². The van der Waals surface area contributed by atoms with E-state index in [1.807, 2.05) is 24.8 Å². The first kappa shape index (κ1) is 24.1. The second-order valence-corrected chi connectivity index (χ2v) is 10.5. The lowest BCUT2D eigenvalue weighted by Gasteiger charge is -2.35. The first-order chi connectivity index (χ1) is 15.6. The lowest BCUT2D eigenvalue weighted by molar-refractivity contribution is -0.0592. The molecule has 0 spiro atoms. The molecule has 0 aliphatic carbocycles. The smallest absolute Gasteiger partial charge is 0.290 e. The number of aryl methyl sites for hydroxylation is 1. The van der Waals surface area contributed by atoms with Gasteiger partial charge in [-0.25, -0.2) is 0 Å². The van der Waals surface area contributed by atoms with E-state index in [-0.39, 0.29) is 30.1 Å². The fraction of sp³-hybridized carbons (Fsp3) is 0.667. The number of carbonyl (C=O) groups is 1. The molecule has 2 fully saturated rings. The van der Waals surface area contributed by atoms with Crippen molar-refractivity contribution >= 4 is 16.9 Å². The van der Waals surface area contributed by atoms with Crippen molar-refractivity contribution in [2.24, 2.45) is 0 Å². The van der Waals surface area contributed by atoms with Crippen LogP contribution in [0.25, 0.3) is 11.0 Å². The lowest BCUT2D eigenvalue weighted by Crippen LogP contribution is -2.48. The number of ether oxygens (including phenoxy) is 2. The number of rotatable bonds is 5. The molecule has 1 aromatic carbocycles. The van der Waals surface area contributed by atoms with Gasteiger partial charge in [-0.15, -0.1) is 0 Å². The number of benzene rings is 1. The highest BCUT2D eigenvalue weighted by atomic mass is 16.5.